The van der Waals surface area contributed by atoms with Gasteiger partial charge in [-0.15, -0.1) is 0 Å². The fraction of sp³-hybridized carbons (Fsp3) is 0.773. The molecule has 0 aliphatic carbocycles. The lowest BCUT2D eigenvalue weighted by atomic mass is 9.79. The van der Waals surface area contributed by atoms with E-state index in [0.29, 0.717) is 19.5 Å². The summed E-state index contributed by atoms with van der Waals surface area (Å²) in [5, 5.41) is 2.95. The van der Waals surface area contributed by atoms with Gasteiger partial charge in [-0.1, -0.05) is 25.0 Å². The maximum Gasteiger partial charge on any atom is 0.236 e. The first-order valence-electron chi connectivity index (χ1n) is 10.8. The highest BCUT2D eigenvalue weighted by molar-refractivity contribution is 6.06. The smallest absolute Gasteiger partial charge is 0.236 e. The van der Waals surface area contributed by atoms with Crippen LogP contribution in [0.2, 0.25) is 0 Å². The number of methoxy groups -OCH3 is 1. The molecule has 2 saturated heterocycles. The molecule has 2 heterocycles. The van der Waals surface area contributed by atoms with Gasteiger partial charge in [0.1, 0.15) is 0 Å². The second kappa shape index (κ2) is 10.9. The first-order chi connectivity index (χ1) is 13.9. The highest BCUT2D eigenvalue weighted by Crippen LogP contribution is 2.49. The van der Waals surface area contributed by atoms with Crippen LogP contribution in [0, 0.1) is 11.8 Å². The summed E-state index contributed by atoms with van der Waals surface area (Å²) in [5.74, 6) is -1.38. The van der Waals surface area contributed by atoms with E-state index in [2.05, 4.69) is 5.32 Å². The van der Waals surface area contributed by atoms with E-state index >= 15 is 0 Å². The number of carbonyl (C=O) groups excluding carboxylic acids is 3. The normalized spacial score (nSPS) is 29.1. The number of hydrogen-bond donors (Lipinski definition) is 1. The molecule has 4 unspecified atom stereocenters. The maximum absolute atomic E-state index is 12.8. The number of imide groups is 1. The van der Waals surface area contributed by atoms with Crippen LogP contribution in [-0.2, 0) is 23.9 Å². The van der Waals surface area contributed by atoms with Crippen LogP contribution in [0.15, 0.2) is 12.2 Å². The van der Waals surface area contributed by atoms with Gasteiger partial charge in [0.25, 0.3) is 0 Å². The largest absolute Gasteiger partial charge is 0.385 e. The number of nitrogens with one attached hydrogen (secondary N) is 1. The number of nitrogens with zero attached hydrogens (tertiary/aromatic N) is 1. The molecule has 7 nitrogen and oxygen atoms in total. The summed E-state index contributed by atoms with van der Waals surface area (Å²) in [6, 6.07) is 0. The number of allylic oxidation sites excluding steroid dienone is 1. The van der Waals surface area contributed by atoms with Crippen LogP contribution < -0.4 is 5.32 Å². The van der Waals surface area contributed by atoms with E-state index in [1.165, 1.54) is 4.90 Å². The van der Waals surface area contributed by atoms with Crippen molar-refractivity contribution in [2.75, 3.05) is 26.8 Å². The minimum atomic E-state index is -0.816. The van der Waals surface area contributed by atoms with Crippen molar-refractivity contribution < 1.29 is 23.9 Å². The molecule has 2 rings (SSSR count). The third-order valence-electron chi connectivity index (χ3n) is 6.00. The molecule has 7 heteroatoms. The van der Waals surface area contributed by atoms with Crippen molar-refractivity contribution in [3.05, 3.63) is 12.2 Å². The number of carbonyl (C=O) groups is 3. The Kier molecular flexibility index (Phi) is 8.83. The minimum Gasteiger partial charge on any atom is -0.385 e. The van der Waals surface area contributed by atoms with Crippen LogP contribution in [0.25, 0.3) is 0 Å². The molecular formula is C22H36N2O5. The first-order valence-corrected chi connectivity index (χ1v) is 10.8. The Morgan fingerprint density at radius 3 is 2.62 bits per heavy atom. The van der Waals surface area contributed by atoms with Crippen molar-refractivity contribution in [2.45, 2.75) is 71.0 Å². The molecule has 0 aromatic rings. The van der Waals surface area contributed by atoms with Crippen molar-refractivity contribution in [1.82, 2.24) is 10.2 Å². The number of hydrogen-bond acceptors (Lipinski definition) is 5. The molecule has 0 radical (unpaired) electrons. The monoisotopic (exact) mass is 408 g/mol. The van der Waals surface area contributed by atoms with E-state index in [1.54, 1.807) is 7.11 Å². The van der Waals surface area contributed by atoms with Crippen molar-refractivity contribution >= 4 is 17.7 Å². The molecule has 29 heavy (non-hydrogen) atoms. The lowest BCUT2D eigenvalue weighted by Gasteiger charge is -2.29. The molecular weight excluding hydrogens is 372 g/mol. The minimum absolute atomic E-state index is 0.0399. The highest BCUT2D eigenvalue weighted by atomic mass is 16.5. The van der Waals surface area contributed by atoms with Crippen LogP contribution in [-0.4, -0.2) is 61.1 Å². The number of rotatable bonds is 12. The predicted octanol–water partition coefficient (Wildman–Crippen LogP) is 2.44. The molecule has 3 amide bonds. The summed E-state index contributed by atoms with van der Waals surface area (Å²) in [5.41, 5.74) is -0.816. The van der Waals surface area contributed by atoms with Crippen LogP contribution >= 0.6 is 0 Å². The van der Waals surface area contributed by atoms with Crippen molar-refractivity contribution in [1.29, 1.82) is 0 Å². The Balaban J connectivity index is 1.88. The van der Waals surface area contributed by atoms with Crippen LogP contribution in [0.4, 0.5) is 0 Å². The van der Waals surface area contributed by atoms with Gasteiger partial charge in [-0.25, -0.2) is 0 Å². The Morgan fingerprint density at radius 1 is 1.24 bits per heavy atom. The topological polar surface area (TPSA) is 84.9 Å². The summed E-state index contributed by atoms with van der Waals surface area (Å²) in [6.07, 6.45) is 8.09. The van der Waals surface area contributed by atoms with Gasteiger partial charge < -0.3 is 14.8 Å². The van der Waals surface area contributed by atoms with Gasteiger partial charge in [-0.3, -0.25) is 19.3 Å². The second-order valence-electron chi connectivity index (χ2n) is 8.10. The van der Waals surface area contributed by atoms with E-state index in [-0.39, 0.29) is 24.1 Å². The van der Waals surface area contributed by atoms with Gasteiger partial charge in [0.15, 0.2) is 0 Å². The number of likely N-dealkylation sites (tertiary alicyclic amines) is 1. The highest BCUT2D eigenvalue weighted by Gasteiger charge is 2.63. The fourth-order valence-corrected chi connectivity index (χ4v) is 4.46. The Bertz CT molecular complexity index is 620. The zero-order valence-electron chi connectivity index (χ0n) is 18.2. The molecule has 0 saturated carbocycles. The van der Waals surface area contributed by atoms with Gasteiger partial charge in [0.2, 0.25) is 17.7 Å². The van der Waals surface area contributed by atoms with Gasteiger partial charge in [-0.2, -0.15) is 0 Å². The summed E-state index contributed by atoms with van der Waals surface area (Å²) in [6.45, 7) is 7.34. The fourth-order valence-electron chi connectivity index (χ4n) is 4.46. The lowest BCUT2D eigenvalue weighted by Crippen LogP contribution is -2.41. The zero-order chi connectivity index (χ0) is 21.4. The van der Waals surface area contributed by atoms with Crippen LogP contribution in [0.1, 0.15) is 59.3 Å². The van der Waals surface area contributed by atoms with E-state index < -0.39 is 23.5 Å². The average molecular weight is 409 g/mol. The quantitative estimate of drug-likeness (QED) is 0.305. The Hall–Kier alpha value is -1.73. The van der Waals surface area contributed by atoms with E-state index in [4.69, 9.17) is 9.47 Å². The molecule has 0 aromatic carbocycles. The number of amides is 3. The number of ether oxygens (including phenoxy) is 2. The molecule has 0 aromatic heterocycles. The zero-order valence-corrected chi connectivity index (χ0v) is 18.2. The van der Waals surface area contributed by atoms with Gasteiger partial charge in [0, 0.05) is 33.2 Å². The van der Waals surface area contributed by atoms with E-state index in [0.717, 1.165) is 32.3 Å². The van der Waals surface area contributed by atoms with E-state index in [1.807, 2.05) is 32.9 Å². The van der Waals surface area contributed by atoms with Crippen LogP contribution in [0.5, 0.6) is 0 Å². The first kappa shape index (κ1) is 23.5. The molecule has 4 atom stereocenters. The maximum atomic E-state index is 12.8. The molecule has 0 bridgehead atoms. The van der Waals surface area contributed by atoms with Crippen molar-refractivity contribution in [3.63, 3.8) is 0 Å². The molecule has 2 aliphatic heterocycles. The van der Waals surface area contributed by atoms with Crippen molar-refractivity contribution in [3.8, 4) is 0 Å². The van der Waals surface area contributed by atoms with Gasteiger partial charge >= 0.3 is 0 Å². The summed E-state index contributed by atoms with van der Waals surface area (Å²) in [4.78, 5) is 39.2. The summed E-state index contributed by atoms with van der Waals surface area (Å²) >= 11 is 0. The SMILES string of the molecule is C/C=C\C1OC(C)(CCC(=O)NCCCCCCOC)C2C(=O)N(CC)C(=O)C12. The Morgan fingerprint density at radius 2 is 1.97 bits per heavy atom. The number of fused-ring (bicyclic) bond motifs is 1. The third kappa shape index (κ3) is 5.45. The molecule has 2 aliphatic rings. The molecule has 164 valence electrons. The summed E-state index contributed by atoms with van der Waals surface area (Å²) in [7, 11) is 1.70. The van der Waals surface area contributed by atoms with E-state index in [9.17, 15) is 14.4 Å². The van der Waals surface area contributed by atoms with Crippen molar-refractivity contribution in [2.24, 2.45) is 11.8 Å². The average Bonchev–Trinajstić information content (AvgIpc) is 3.13. The third-order valence-corrected chi connectivity index (χ3v) is 6.00. The molecule has 0 spiro atoms. The predicted molar refractivity (Wildman–Crippen MR) is 110 cm³/mol. The second-order valence-corrected chi connectivity index (χ2v) is 8.10. The lowest BCUT2D eigenvalue weighted by molar-refractivity contribution is -0.146. The number of unbranched alkanes of at least 4 members (excludes halogenated alkanes) is 3. The molecule has 2 fully saturated rings. The summed E-state index contributed by atoms with van der Waals surface area (Å²) < 4.78 is 11.2. The Labute approximate surface area is 174 Å². The van der Waals surface area contributed by atoms with Gasteiger partial charge in [0.05, 0.1) is 23.5 Å². The van der Waals surface area contributed by atoms with Gasteiger partial charge in [-0.05, 0) is 40.0 Å². The molecule has 1 N–H and O–H groups in total. The standard InChI is InChI=1S/C22H36N2O5/c1-5-11-16-18-19(21(27)24(6-2)20(18)26)22(3,29-16)13-12-17(25)23-14-9-7-8-10-15-28-4/h5,11,16,18-19H,6-10,12-15H2,1-4H3,(H,23,25)/b11-5-. The van der Waals surface area contributed by atoms with Crippen LogP contribution in [0.3, 0.4) is 0 Å².